The Balaban J connectivity index is 2.76. The largest absolute Gasteiger partial charge is 0.464 e. The quantitative estimate of drug-likeness (QED) is 0.687. The minimum atomic E-state index is -0.867. The number of amides is 1. The van der Waals surface area contributed by atoms with Gasteiger partial charge in [-0.2, -0.15) is 0 Å². The summed E-state index contributed by atoms with van der Waals surface area (Å²) in [5.74, 6) is 0.696. The average molecular weight is 362 g/mol. The molecule has 0 radical (unpaired) electrons. The molecule has 1 aliphatic heterocycles. The van der Waals surface area contributed by atoms with Gasteiger partial charge in [0.25, 0.3) is 0 Å². The van der Waals surface area contributed by atoms with Crippen molar-refractivity contribution in [1.29, 1.82) is 0 Å². The third kappa shape index (κ3) is 6.39. The molecule has 1 saturated heterocycles. The van der Waals surface area contributed by atoms with Gasteiger partial charge in [0.1, 0.15) is 11.6 Å². The first-order chi connectivity index (χ1) is 11.2. The number of nitrogens with zero attached hydrogens (tertiary/aromatic N) is 1. The van der Waals surface area contributed by atoms with Crippen LogP contribution in [0.3, 0.4) is 0 Å². The fraction of sp³-hybridized carbons (Fsp3) is 0.875. The third-order valence-electron chi connectivity index (χ3n) is 3.61. The Morgan fingerprint density at radius 2 is 1.96 bits per heavy atom. The summed E-state index contributed by atoms with van der Waals surface area (Å²) in [4.78, 5) is 26.1. The van der Waals surface area contributed by atoms with Gasteiger partial charge in [-0.05, 0) is 34.1 Å². The average Bonchev–Trinajstić information content (AvgIpc) is 2.89. The van der Waals surface area contributed by atoms with E-state index in [-0.39, 0.29) is 12.6 Å². The Hall–Kier alpha value is -1.15. The monoisotopic (exact) mass is 362 g/mol. The van der Waals surface area contributed by atoms with E-state index in [1.54, 1.807) is 27.7 Å². The van der Waals surface area contributed by atoms with Gasteiger partial charge in [-0.3, -0.25) is 9.11 Å². The van der Waals surface area contributed by atoms with E-state index in [9.17, 15) is 13.8 Å². The number of ether oxygens (including phenoxy) is 2. The van der Waals surface area contributed by atoms with E-state index in [4.69, 9.17) is 9.47 Å². The third-order valence-corrected chi connectivity index (χ3v) is 4.92. The number of rotatable bonds is 7. The number of hydrogen-bond donors (Lipinski definition) is 1. The van der Waals surface area contributed by atoms with Crippen LogP contribution < -0.4 is 5.32 Å². The van der Waals surface area contributed by atoms with Crippen molar-refractivity contribution in [2.75, 3.05) is 31.2 Å². The number of esters is 1. The molecule has 8 heteroatoms. The van der Waals surface area contributed by atoms with Gasteiger partial charge in [0.05, 0.1) is 6.61 Å². The van der Waals surface area contributed by atoms with Gasteiger partial charge in [-0.25, -0.2) is 9.59 Å². The normalized spacial score (nSPS) is 22.3. The summed E-state index contributed by atoms with van der Waals surface area (Å²) < 4.78 is 22.0. The second-order valence-electron chi connectivity index (χ2n) is 6.65. The lowest BCUT2D eigenvalue weighted by atomic mass is 10.1. The fourth-order valence-electron chi connectivity index (χ4n) is 2.55. The Morgan fingerprint density at radius 1 is 1.29 bits per heavy atom. The zero-order valence-corrected chi connectivity index (χ0v) is 16.1. The second kappa shape index (κ2) is 9.36. The Kier molecular flexibility index (Phi) is 8.15. The van der Waals surface area contributed by atoms with Gasteiger partial charge in [0, 0.05) is 41.4 Å². The Morgan fingerprint density at radius 3 is 2.50 bits per heavy atom. The van der Waals surface area contributed by atoms with E-state index in [1.165, 1.54) is 4.90 Å². The summed E-state index contributed by atoms with van der Waals surface area (Å²) in [7, 11) is -0.867. The summed E-state index contributed by atoms with van der Waals surface area (Å²) in [5, 5.41) is 3.24. The summed E-state index contributed by atoms with van der Waals surface area (Å²) in [6.07, 6.45) is 0.114. The van der Waals surface area contributed by atoms with Crippen molar-refractivity contribution in [3.63, 3.8) is 0 Å². The molecule has 1 fully saturated rings. The molecule has 0 aromatic rings. The van der Waals surface area contributed by atoms with Crippen LogP contribution in [-0.4, -0.2) is 70.1 Å². The first kappa shape index (κ1) is 20.9. The first-order valence-corrected chi connectivity index (χ1v) is 9.93. The molecule has 1 rings (SSSR count). The van der Waals surface area contributed by atoms with E-state index in [0.717, 1.165) is 0 Å². The Labute approximate surface area is 146 Å². The van der Waals surface area contributed by atoms with Crippen molar-refractivity contribution in [3.05, 3.63) is 0 Å². The van der Waals surface area contributed by atoms with Crippen molar-refractivity contribution >= 4 is 22.9 Å². The van der Waals surface area contributed by atoms with Crippen LogP contribution in [0.5, 0.6) is 0 Å². The Bertz CT molecular complexity index is 464. The molecule has 1 N–H and O–H groups in total. The van der Waals surface area contributed by atoms with Crippen molar-refractivity contribution in [2.24, 2.45) is 0 Å². The van der Waals surface area contributed by atoms with Crippen LogP contribution in [0.15, 0.2) is 0 Å². The van der Waals surface area contributed by atoms with Gasteiger partial charge in [0.15, 0.2) is 0 Å². The number of carbonyl (C=O) groups excluding carboxylic acids is 2. The lowest BCUT2D eigenvalue weighted by Gasteiger charge is -2.29. The maximum absolute atomic E-state index is 12.4. The van der Waals surface area contributed by atoms with Crippen molar-refractivity contribution in [3.8, 4) is 0 Å². The van der Waals surface area contributed by atoms with Crippen LogP contribution in [0.1, 0.15) is 41.0 Å². The van der Waals surface area contributed by atoms with E-state index in [0.29, 0.717) is 31.0 Å². The predicted molar refractivity (Wildman–Crippen MR) is 93.3 cm³/mol. The fourth-order valence-corrected chi connectivity index (χ4v) is 3.19. The molecule has 7 nitrogen and oxygen atoms in total. The molecule has 0 aromatic heterocycles. The molecule has 0 aliphatic carbocycles. The zero-order valence-electron chi connectivity index (χ0n) is 15.3. The number of nitrogens with one attached hydrogen (secondary N) is 1. The van der Waals surface area contributed by atoms with Crippen molar-refractivity contribution in [2.45, 2.75) is 58.7 Å². The smallest absolute Gasteiger partial charge is 0.411 e. The minimum absolute atomic E-state index is 0.217. The van der Waals surface area contributed by atoms with Gasteiger partial charge >= 0.3 is 12.1 Å². The van der Waals surface area contributed by atoms with Gasteiger partial charge < -0.3 is 14.8 Å². The second-order valence-corrected chi connectivity index (χ2v) is 8.52. The lowest BCUT2D eigenvalue weighted by Crippen LogP contribution is -2.51. The maximum Gasteiger partial charge on any atom is 0.411 e. The summed E-state index contributed by atoms with van der Waals surface area (Å²) in [5.41, 5.74) is -0.625. The van der Waals surface area contributed by atoms with Crippen LogP contribution in [0.25, 0.3) is 0 Å². The molecule has 0 spiro atoms. The van der Waals surface area contributed by atoms with E-state index >= 15 is 0 Å². The van der Waals surface area contributed by atoms with Crippen molar-refractivity contribution < 1.29 is 23.3 Å². The highest BCUT2D eigenvalue weighted by Gasteiger charge is 2.44. The van der Waals surface area contributed by atoms with E-state index in [2.05, 4.69) is 5.32 Å². The first-order valence-electron chi connectivity index (χ1n) is 8.44. The molecule has 140 valence electrons. The zero-order chi connectivity index (χ0) is 18.3. The standard InChI is InChI=1S/C16H30N2O5S/c1-6-22-14(19)13-12(17-9-11-24(21)7-2)8-10-18(13)15(20)23-16(3,4)5/h12-13,17H,6-11H2,1-5H3. The highest BCUT2D eigenvalue weighted by molar-refractivity contribution is 7.84. The van der Waals surface area contributed by atoms with E-state index < -0.39 is 34.5 Å². The van der Waals surface area contributed by atoms with E-state index in [1.807, 2.05) is 6.92 Å². The molecule has 0 saturated carbocycles. The number of likely N-dealkylation sites (tertiary alicyclic amines) is 1. The van der Waals surface area contributed by atoms with Crippen LogP contribution in [0, 0.1) is 0 Å². The molecule has 0 aromatic carbocycles. The summed E-state index contributed by atoms with van der Waals surface area (Å²) in [6, 6.07) is -0.930. The number of hydrogen-bond acceptors (Lipinski definition) is 6. The molecule has 1 aliphatic rings. The summed E-state index contributed by atoms with van der Waals surface area (Å²) in [6.45, 7) is 10.2. The van der Waals surface area contributed by atoms with Gasteiger partial charge in [-0.1, -0.05) is 6.92 Å². The minimum Gasteiger partial charge on any atom is -0.464 e. The SMILES string of the molecule is CCOC(=O)C1C(NCCS(=O)CC)CCN1C(=O)OC(C)(C)C. The molecular formula is C16H30N2O5S. The van der Waals surface area contributed by atoms with Crippen LogP contribution >= 0.6 is 0 Å². The molecule has 1 amide bonds. The van der Waals surface area contributed by atoms with Gasteiger partial charge in [0.2, 0.25) is 0 Å². The molecular weight excluding hydrogens is 332 g/mol. The predicted octanol–water partition coefficient (Wildman–Crippen LogP) is 1.29. The van der Waals surface area contributed by atoms with Crippen LogP contribution in [0.4, 0.5) is 4.79 Å². The van der Waals surface area contributed by atoms with Crippen LogP contribution in [-0.2, 0) is 25.1 Å². The maximum atomic E-state index is 12.4. The molecule has 1 heterocycles. The summed E-state index contributed by atoms with van der Waals surface area (Å²) >= 11 is 0. The molecule has 3 atom stereocenters. The number of carbonyl (C=O) groups is 2. The molecule has 3 unspecified atom stereocenters. The lowest BCUT2D eigenvalue weighted by molar-refractivity contribution is -0.148. The molecule has 0 bridgehead atoms. The van der Waals surface area contributed by atoms with Crippen LogP contribution in [0.2, 0.25) is 0 Å². The van der Waals surface area contributed by atoms with Crippen molar-refractivity contribution in [1.82, 2.24) is 10.2 Å². The highest BCUT2D eigenvalue weighted by atomic mass is 32.2. The highest BCUT2D eigenvalue weighted by Crippen LogP contribution is 2.22. The van der Waals surface area contributed by atoms with Gasteiger partial charge in [-0.15, -0.1) is 0 Å². The topological polar surface area (TPSA) is 84.9 Å². The molecule has 24 heavy (non-hydrogen) atoms.